The van der Waals surface area contributed by atoms with Gasteiger partial charge in [-0.1, -0.05) is 23.7 Å². The summed E-state index contributed by atoms with van der Waals surface area (Å²) in [5.41, 5.74) is 0.517. The summed E-state index contributed by atoms with van der Waals surface area (Å²) in [6.07, 6.45) is -2.12. The molecule has 1 unspecified atom stereocenters. The van der Waals surface area contributed by atoms with Crippen molar-refractivity contribution in [3.63, 3.8) is 0 Å². The van der Waals surface area contributed by atoms with E-state index in [4.69, 9.17) is 21.8 Å². The van der Waals surface area contributed by atoms with Crippen molar-refractivity contribution in [3.8, 4) is 0 Å². The molecule has 0 fully saturated rings. The van der Waals surface area contributed by atoms with Crippen LogP contribution in [0.1, 0.15) is 5.56 Å². The summed E-state index contributed by atoms with van der Waals surface area (Å²) >= 11 is 5.69. The molecule has 9 heteroatoms. The highest BCUT2D eigenvalue weighted by atomic mass is 35.5. The molecule has 0 bridgehead atoms. The molecule has 0 radical (unpaired) electrons. The summed E-state index contributed by atoms with van der Waals surface area (Å²) in [6.45, 7) is -0.956. The van der Waals surface area contributed by atoms with Crippen LogP contribution in [0.2, 0.25) is 5.02 Å². The third-order valence-electron chi connectivity index (χ3n) is 2.40. The van der Waals surface area contributed by atoms with Crippen LogP contribution in [0.3, 0.4) is 0 Å². The Morgan fingerprint density at radius 1 is 1.30 bits per heavy atom. The summed E-state index contributed by atoms with van der Waals surface area (Å²) in [4.78, 5) is 32.1. The fourth-order valence-electron chi connectivity index (χ4n) is 1.61. The van der Waals surface area contributed by atoms with Crippen LogP contribution in [-0.4, -0.2) is 44.7 Å². The number of hydrogen-bond acceptors (Lipinski definition) is 5. The number of halogens is 1. The highest BCUT2D eigenvalue weighted by molar-refractivity contribution is 6.30. The first-order valence-electron chi connectivity index (χ1n) is 5.38. The van der Waals surface area contributed by atoms with Crippen LogP contribution in [0.4, 0.5) is 0 Å². The number of benzene rings is 1. The lowest BCUT2D eigenvalue weighted by Crippen LogP contribution is -2.48. The van der Waals surface area contributed by atoms with Crippen LogP contribution in [0.15, 0.2) is 24.3 Å². The molecular formula is C11H11ClN2O6. The Morgan fingerprint density at radius 3 is 2.25 bits per heavy atom. The third kappa shape index (κ3) is 4.48. The maximum Gasteiger partial charge on any atom is 0.396 e. The van der Waals surface area contributed by atoms with Crippen molar-refractivity contribution in [2.45, 2.75) is 12.7 Å². The topological polar surface area (TPSA) is 121 Å². The average molecular weight is 303 g/mol. The van der Waals surface area contributed by atoms with Crippen LogP contribution in [0.25, 0.3) is 0 Å². The monoisotopic (exact) mass is 302 g/mol. The number of hydrogen-bond donors (Lipinski definition) is 2. The molecule has 0 aliphatic rings. The Labute approximate surface area is 118 Å². The molecule has 108 valence electrons. The molecule has 0 amide bonds. The summed E-state index contributed by atoms with van der Waals surface area (Å²) in [6, 6.07) is 6.13. The second kappa shape index (κ2) is 6.83. The first-order valence-corrected chi connectivity index (χ1v) is 5.75. The molecule has 0 aliphatic carbocycles. The summed E-state index contributed by atoms with van der Waals surface area (Å²) in [7, 11) is 0. The van der Waals surface area contributed by atoms with E-state index in [0.29, 0.717) is 10.6 Å². The second-order valence-corrected chi connectivity index (χ2v) is 4.36. The van der Waals surface area contributed by atoms with Gasteiger partial charge in [0.25, 0.3) is 0 Å². The molecule has 0 spiro atoms. The zero-order chi connectivity index (χ0) is 15.3. The van der Waals surface area contributed by atoms with E-state index < -0.39 is 29.6 Å². The molecule has 8 nitrogen and oxygen atoms in total. The van der Waals surface area contributed by atoms with Gasteiger partial charge in [-0.3, -0.25) is 14.9 Å². The molecule has 20 heavy (non-hydrogen) atoms. The van der Waals surface area contributed by atoms with Gasteiger partial charge in [0, 0.05) is 11.6 Å². The van der Waals surface area contributed by atoms with E-state index in [1.807, 2.05) is 0 Å². The molecular weight excluding hydrogens is 292 g/mol. The lowest BCUT2D eigenvalue weighted by Gasteiger charge is -2.21. The fourth-order valence-corrected chi connectivity index (χ4v) is 1.73. The van der Waals surface area contributed by atoms with Crippen molar-refractivity contribution in [2.75, 3.05) is 6.54 Å². The van der Waals surface area contributed by atoms with Crippen molar-refractivity contribution < 1.29 is 24.7 Å². The van der Waals surface area contributed by atoms with E-state index >= 15 is 0 Å². The predicted molar refractivity (Wildman–Crippen MR) is 67.9 cm³/mol. The Balaban J connectivity index is 2.99. The van der Waals surface area contributed by atoms with E-state index in [-0.39, 0.29) is 6.54 Å². The van der Waals surface area contributed by atoms with E-state index in [1.165, 1.54) is 24.3 Å². The van der Waals surface area contributed by atoms with Gasteiger partial charge in [-0.2, -0.15) is 0 Å². The number of carboxylic acid groups (broad SMARTS) is 2. The van der Waals surface area contributed by atoms with Gasteiger partial charge < -0.3 is 10.2 Å². The zero-order valence-electron chi connectivity index (χ0n) is 10.1. The van der Waals surface area contributed by atoms with Crippen molar-refractivity contribution in [1.29, 1.82) is 0 Å². The highest BCUT2D eigenvalue weighted by Crippen LogP contribution is 2.13. The molecule has 0 saturated heterocycles. The first-order chi connectivity index (χ1) is 9.31. The smallest absolute Gasteiger partial charge is 0.396 e. The molecule has 1 aromatic rings. The number of nitro groups is 1. The summed E-state index contributed by atoms with van der Waals surface area (Å²) in [5.74, 6) is -3.07. The normalized spacial score (nSPS) is 12.1. The Morgan fingerprint density at radius 2 is 1.85 bits per heavy atom. The zero-order valence-corrected chi connectivity index (χ0v) is 10.9. The fraction of sp³-hybridized carbons (Fsp3) is 0.273. The predicted octanol–water partition coefficient (Wildman–Crippen LogP) is 0.914. The van der Waals surface area contributed by atoms with Crippen LogP contribution >= 0.6 is 11.6 Å². The number of aliphatic carboxylic acids is 2. The van der Waals surface area contributed by atoms with Gasteiger partial charge in [-0.05, 0) is 17.7 Å². The lowest BCUT2D eigenvalue weighted by molar-refractivity contribution is -0.537. The Hall–Kier alpha value is -2.19. The minimum absolute atomic E-state index is 0.193. The maximum absolute atomic E-state index is 10.9. The van der Waals surface area contributed by atoms with Crippen LogP contribution in [-0.2, 0) is 16.1 Å². The molecule has 0 aliphatic heterocycles. The quantitative estimate of drug-likeness (QED) is 0.436. The van der Waals surface area contributed by atoms with E-state index in [0.717, 1.165) is 4.90 Å². The van der Waals surface area contributed by atoms with Crippen LogP contribution in [0.5, 0.6) is 0 Å². The highest BCUT2D eigenvalue weighted by Gasteiger charge is 2.37. The number of carbonyl (C=O) groups is 2. The first kappa shape index (κ1) is 15.9. The van der Waals surface area contributed by atoms with Gasteiger partial charge in [0.05, 0.1) is 4.92 Å². The van der Waals surface area contributed by atoms with E-state index in [1.54, 1.807) is 0 Å². The van der Waals surface area contributed by atoms with Gasteiger partial charge in [0.15, 0.2) is 0 Å². The van der Waals surface area contributed by atoms with Crippen molar-refractivity contribution in [1.82, 2.24) is 4.90 Å². The van der Waals surface area contributed by atoms with Gasteiger partial charge in [0.2, 0.25) is 0 Å². The van der Waals surface area contributed by atoms with Crippen LogP contribution in [0, 0.1) is 10.1 Å². The van der Waals surface area contributed by atoms with Gasteiger partial charge in [-0.25, -0.2) is 9.69 Å². The molecule has 1 aromatic carbocycles. The van der Waals surface area contributed by atoms with Gasteiger partial charge >= 0.3 is 18.1 Å². The Kier molecular flexibility index (Phi) is 5.42. The van der Waals surface area contributed by atoms with Gasteiger partial charge in [0.1, 0.15) is 6.54 Å². The van der Waals surface area contributed by atoms with E-state index in [9.17, 15) is 19.7 Å². The summed E-state index contributed by atoms with van der Waals surface area (Å²) in [5, 5.41) is 28.8. The summed E-state index contributed by atoms with van der Waals surface area (Å²) < 4.78 is 0. The number of carboxylic acids is 2. The molecule has 1 rings (SSSR count). The number of nitrogens with zero attached hydrogens (tertiary/aromatic N) is 2. The lowest BCUT2D eigenvalue weighted by atomic mass is 10.2. The van der Waals surface area contributed by atoms with Crippen molar-refractivity contribution in [2.24, 2.45) is 0 Å². The molecule has 0 saturated carbocycles. The second-order valence-electron chi connectivity index (χ2n) is 3.92. The minimum Gasteiger partial charge on any atom is -0.480 e. The molecule has 1 atom stereocenters. The minimum atomic E-state index is -2.12. The van der Waals surface area contributed by atoms with Crippen molar-refractivity contribution >= 4 is 23.5 Å². The van der Waals surface area contributed by atoms with E-state index in [2.05, 4.69) is 0 Å². The number of rotatable bonds is 7. The Bertz CT molecular complexity index is 504. The average Bonchev–Trinajstić information content (AvgIpc) is 2.30. The SMILES string of the molecule is O=C(O)CN(Cc1ccc(Cl)cc1)C(C(=O)O)[N+](=O)[O-]. The molecule has 2 N–H and O–H groups in total. The standard InChI is InChI=1S/C11H11ClN2O6/c12-8-3-1-7(2-4-8)5-13(6-9(15)16)10(11(17)18)14(19)20/h1-4,10H,5-6H2,(H,15,16)(H,17,18). The van der Waals surface area contributed by atoms with Crippen LogP contribution < -0.4 is 0 Å². The largest absolute Gasteiger partial charge is 0.480 e. The molecule has 0 aromatic heterocycles. The molecule has 0 heterocycles. The third-order valence-corrected chi connectivity index (χ3v) is 2.66. The van der Waals surface area contributed by atoms with Crippen molar-refractivity contribution in [3.05, 3.63) is 45.0 Å². The van der Waals surface area contributed by atoms with Gasteiger partial charge in [-0.15, -0.1) is 0 Å². The maximum atomic E-state index is 10.9.